The number of H-pyrrole nitrogens is 1. The first kappa shape index (κ1) is 21.6. The third-order valence-corrected chi connectivity index (χ3v) is 4.74. The molecule has 3 rings (SSSR count). The molecule has 3 N–H and O–H groups in total. The van der Waals surface area contributed by atoms with Crippen LogP contribution in [-0.2, 0) is 16.1 Å². The maximum atomic E-state index is 12.1. The Kier molecular flexibility index (Phi) is 6.31. The lowest BCUT2D eigenvalue weighted by Crippen LogP contribution is -2.34. The smallest absolute Gasteiger partial charge is 0.338 e. The van der Waals surface area contributed by atoms with E-state index in [0.717, 1.165) is 5.56 Å². The lowest BCUT2D eigenvalue weighted by molar-refractivity contribution is -0.128. The van der Waals surface area contributed by atoms with E-state index in [0.29, 0.717) is 46.4 Å². The Labute approximate surface area is 180 Å². The van der Waals surface area contributed by atoms with E-state index < -0.39 is 5.41 Å². The number of halogens is 1. The summed E-state index contributed by atoms with van der Waals surface area (Å²) in [5.41, 5.74) is 2.96. The lowest BCUT2D eigenvalue weighted by atomic mass is 9.95. The number of benzene rings is 2. The molecule has 7 nitrogen and oxygen atoms in total. The maximum Gasteiger partial charge on any atom is 0.338 e. The van der Waals surface area contributed by atoms with Crippen molar-refractivity contribution < 1.29 is 14.3 Å². The van der Waals surface area contributed by atoms with Crippen molar-refractivity contribution in [1.29, 1.82) is 0 Å². The van der Waals surface area contributed by atoms with Crippen molar-refractivity contribution in [3.8, 4) is 0 Å². The summed E-state index contributed by atoms with van der Waals surface area (Å²) in [6.45, 7) is 8.08. The molecule has 30 heavy (non-hydrogen) atoms. The molecule has 1 aromatic heterocycles. The molecular formula is C22H25ClN4O3. The van der Waals surface area contributed by atoms with Gasteiger partial charge in [0, 0.05) is 12.0 Å². The number of carbonyl (C=O) groups excluding carboxylic acids is 2. The molecule has 0 atom stereocenters. The largest absolute Gasteiger partial charge is 0.462 e. The van der Waals surface area contributed by atoms with Gasteiger partial charge in [0.2, 0.25) is 11.9 Å². The summed E-state index contributed by atoms with van der Waals surface area (Å²) < 4.78 is 5.03. The summed E-state index contributed by atoms with van der Waals surface area (Å²) in [5, 5.41) is 6.61. The van der Waals surface area contributed by atoms with Gasteiger partial charge in [0.25, 0.3) is 0 Å². The fourth-order valence-electron chi connectivity index (χ4n) is 2.76. The number of amides is 1. The minimum atomic E-state index is -0.454. The highest BCUT2D eigenvalue weighted by atomic mass is 35.5. The van der Waals surface area contributed by atoms with Gasteiger partial charge in [-0.2, -0.15) is 0 Å². The number of aromatic nitrogens is 2. The maximum absolute atomic E-state index is 12.1. The Morgan fingerprint density at radius 3 is 2.63 bits per heavy atom. The zero-order valence-corrected chi connectivity index (χ0v) is 18.2. The van der Waals surface area contributed by atoms with Gasteiger partial charge in [0.15, 0.2) is 0 Å². The third kappa shape index (κ3) is 5.10. The van der Waals surface area contributed by atoms with Gasteiger partial charge in [-0.25, -0.2) is 9.78 Å². The number of fused-ring (bicyclic) bond motifs is 1. The van der Waals surface area contributed by atoms with Crippen molar-refractivity contribution >= 4 is 46.1 Å². The minimum absolute atomic E-state index is 0.0263. The Morgan fingerprint density at radius 2 is 1.93 bits per heavy atom. The zero-order valence-electron chi connectivity index (χ0n) is 17.4. The molecule has 0 aliphatic rings. The van der Waals surface area contributed by atoms with Gasteiger partial charge in [-0.15, -0.1) is 0 Å². The molecule has 3 aromatic rings. The predicted octanol–water partition coefficient (Wildman–Crippen LogP) is 4.80. The number of hydrogen-bond donors (Lipinski definition) is 3. The van der Waals surface area contributed by atoms with Gasteiger partial charge >= 0.3 is 5.97 Å². The highest BCUT2D eigenvalue weighted by molar-refractivity contribution is 6.33. The summed E-state index contributed by atoms with van der Waals surface area (Å²) in [7, 11) is 0. The molecule has 0 spiro atoms. The van der Waals surface area contributed by atoms with Crippen LogP contribution < -0.4 is 10.6 Å². The van der Waals surface area contributed by atoms with Crippen LogP contribution >= 0.6 is 11.6 Å². The SMILES string of the molecule is CCOC(=O)c1ccc2nc(Nc3cc(CNC(=O)C(C)(C)C)ccc3Cl)[nH]c2c1. The molecule has 0 radical (unpaired) electrons. The lowest BCUT2D eigenvalue weighted by Gasteiger charge is -2.18. The Bertz CT molecular complexity index is 1090. The summed E-state index contributed by atoms with van der Waals surface area (Å²) in [4.78, 5) is 31.6. The van der Waals surface area contributed by atoms with Crippen LogP contribution in [0.1, 0.15) is 43.6 Å². The standard InChI is InChI=1S/C22H25ClN4O3/c1-5-30-19(28)14-7-9-16-18(11-14)27-21(25-16)26-17-10-13(6-8-15(17)23)12-24-20(29)22(2,3)4/h6-11H,5,12H2,1-4H3,(H,24,29)(H2,25,26,27). The second-order valence-corrected chi connectivity index (χ2v) is 8.32. The summed E-state index contributed by atoms with van der Waals surface area (Å²) >= 11 is 6.33. The molecular weight excluding hydrogens is 404 g/mol. The fourth-order valence-corrected chi connectivity index (χ4v) is 2.93. The Morgan fingerprint density at radius 1 is 1.17 bits per heavy atom. The molecule has 0 saturated heterocycles. The Hall–Kier alpha value is -3.06. The first-order valence-electron chi connectivity index (χ1n) is 9.68. The van der Waals surface area contributed by atoms with Gasteiger partial charge in [-0.05, 0) is 42.8 Å². The van der Waals surface area contributed by atoms with Crippen LogP contribution in [-0.4, -0.2) is 28.5 Å². The molecule has 0 fully saturated rings. The molecule has 0 aliphatic heterocycles. The molecule has 2 aromatic carbocycles. The molecule has 158 valence electrons. The predicted molar refractivity (Wildman–Crippen MR) is 118 cm³/mol. The van der Waals surface area contributed by atoms with Crippen molar-refractivity contribution in [2.45, 2.75) is 34.2 Å². The average molecular weight is 429 g/mol. The van der Waals surface area contributed by atoms with Crippen molar-refractivity contribution in [1.82, 2.24) is 15.3 Å². The monoisotopic (exact) mass is 428 g/mol. The van der Waals surface area contributed by atoms with E-state index in [-0.39, 0.29) is 11.9 Å². The number of hydrogen-bond acceptors (Lipinski definition) is 5. The number of ether oxygens (including phenoxy) is 1. The Balaban J connectivity index is 1.77. The number of rotatable bonds is 6. The van der Waals surface area contributed by atoms with Crippen LogP contribution in [0, 0.1) is 5.41 Å². The number of aromatic amines is 1. The molecule has 1 amide bonds. The first-order valence-corrected chi connectivity index (χ1v) is 10.1. The van der Waals surface area contributed by atoms with Gasteiger partial charge in [-0.1, -0.05) is 38.4 Å². The zero-order chi connectivity index (χ0) is 21.9. The van der Waals surface area contributed by atoms with Crippen LogP contribution in [0.3, 0.4) is 0 Å². The second kappa shape index (κ2) is 8.75. The van der Waals surface area contributed by atoms with E-state index in [1.165, 1.54) is 0 Å². The number of anilines is 2. The molecule has 1 heterocycles. The van der Waals surface area contributed by atoms with Crippen LogP contribution in [0.15, 0.2) is 36.4 Å². The molecule has 8 heteroatoms. The van der Waals surface area contributed by atoms with Crippen LogP contribution in [0.2, 0.25) is 5.02 Å². The van der Waals surface area contributed by atoms with Gasteiger partial charge in [0.1, 0.15) is 0 Å². The summed E-state index contributed by atoms with van der Waals surface area (Å²) in [5.74, 6) is 0.0852. The molecule has 0 saturated carbocycles. The first-order chi connectivity index (χ1) is 14.2. The fraction of sp³-hybridized carbons (Fsp3) is 0.318. The number of nitrogens with one attached hydrogen (secondary N) is 3. The van der Waals surface area contributed by atoms with Crippen LogP contribution in [0.5, 0.6) is 0 Å². The van der Waals surface area contributed by atoms with Gasteiger partial charge in [-0.3, -0.25) is 4.79 Å². The van der Waals surface area contributed by atoms with Gasteiger partial charge in [0.05, 0.1) is 33.9 Å². The third-order valence-electron chi connectivity index (χ3n) is 4.41. The molecule has 0 bridgehead atoms. The highest BCUT2D eigenvalue weighted by Crippen LogP contribution is 2.27. The molecule has 0 aliphatic carbocycles. The topological polar surface area (TPSA) is 96.1 Å². The molecule has 0 unspecified atom stereocenters. The highest BCUT2D eigenvalue weighted by Gasteiger charge is 2.20. The van der Waals surface area contributed by atoms with Crippen molar-refractivity contribution in [2.24, 2.45) is 5.41 Å². The van der Waals surface area contributed by atoms with E-state index in [9.17, 15) is 9.59 Å². The van der Waals surface area contributed by atoms with Crippen LogP contribution in [0.25, 0.3) is 11.0 Å². The van der Waals surface area contributed by atoms with Gasteiger partial charge < -0.3 is 20.4 Å². The van der Waals surface area contributed by atoms with Crippen LogP contribution in [0.4, 0.5) is 11.6 Å². The van der Waals surface area contributed by atoms with E-state index in [1.54, 1.807) is 31.2 Å². The number of imidazole rings is 1. The summed E-state index contributed by atoms with van der Waals surface area (Å²) in [6, 6.07) is 10.6. The number of esters is 1. The number of carbonyl (C=O) groups is 2. The second-order valence-electron chi connectivity index (χ2n) is 7.91. The minimum Gasteiger partial charge on any atom is -0.462 e. The van der Waals surface area contributed by atoms with Crippen molar-refractivity contribution in [3.05, 3.63) is 52.5 Å². The van der Waals surface area contributed by atoms with E-state index >= 15 is 0 Å². The van der Waals surface area contributed by atoms with E-state index in [2.05, 4.69) is 20.6 Å². The van der Waals surface area contributed by atoms with E-state index in [1.807, 2.05) is 32.9 Å². The average Bonchev–Trinajstić information content (AvgIpc) is 3.09. The van der Waals surface area contributed by atoms with Crippen molar-refractivity contribution in [3.63, 3.8) is 0 Å². The summed E-state index contributed by atoms with van der Waals surface area (Å²) in [6.07, 6.45) is 0. The normalized spacial score (nSPS) is 11.4. The van der Waals surface area contributed by atoms with Crippen molar-refractivity contribution in [2.75, 3.05) is 11.9 Å². The number of nitrogens with zero attached hydrogens (tertiary/aromatic N) is 1. The quantitative estimate of drug-likeness (QED) is 0.490. The van der Waals surface area contributed by atoms with E-state index in [4.69, 9.17) is 16.3 Å².